The molecule has 1 amide bonds. The lowest BCUT2D eigenvalue weighted by atomic mass is 10.1. The van der Waals surface area contributed by atoms with E-state index in [-0.39, 0.29) is 12.0 Å². The number of hydrogen-bond donors (Lipinski definition) is 2. The summed E-state index contributed by atoms with van der Waals surface area (Å²) in [5, 5.41) is 12.5. The molecule has 2 aliphatic heterocycles. The molecule has 0 radical (unpaired) electrons. The number of piperidine rings is 1. The summed E-state index contributed by atoms with van der Waals surface area (Å²) in [7, 11) is 0. The fourth-order valence-electron chi connectivity index (χ4n) is 2.99. The van der Waals surface area contributed by atoms with Crippen LogP contribution in [-0.4, -0.2) is 54.8 Å². The molecule has 3 rings (SSSR count). The topological polar surface area (TPSA) is 61.8 Å². The highest BCUT2D eigenvalue weighted by molar-refractivity contribution is 7.14. The lowest BCUT2D eigenvalue weighted by Crippen LogP contribution is -2.37. The van der Waals surface area contributed by atoms with Crippen LogP contribution in [0.15, 0.2) is 6.07 Å². The fourth-order valence-corrected chi connectivity index (χ4v) is 4.06. The predicted octanol–water partition coefficient (Wildman–Crippen LogP) is 1.40. The minimum atomic E-state index is -0.121. The van der Waals surface area contributed by atoms with E-state index in [1.807, 2.05) is 6.07 Å². The zero-order valence-corrected chi connectivity index (χ0v) is 13.7. The molecule has 0 saturated carbocycles. The molecule has 0 spiro atoms. The van der Waals surface area contributed by atoms with E-state index in [1.54, 1.807) is 11.3 Å². The quantitative estimate of drug-likeness (QED) is 0.804. The summed E-state index contributed by atoms with van der Waals surface area (Å²) in [6, 6.07) is 1.97. The van der Waals surface area contributed by atoms with Gasteiger partial charge in [0.05, 0.1) is 24.2 Å². The molecular formula is C16H24N2O3S. The van der Waals surface area contributed by atoms with Gasteiger partial charge in [-0.15, -0.1) is 11.3 Å². The second-order valence-corrected chi connectivity index (χ2v) is 7.18. The van der Waals surface area contributed by atoms with Crippen molar-refractivity contribution in [2.45, 2.75) is 38.4 Å². The van der Waals surface area contributed by atoms with Crippen molar-refractivity contribution in [2.24, 2.45) is 0 Å². The molecule has 1 aromatic rings. The van der Waals surface area contributed by atoms with Crippen LogP contribution in [0.25, 0.3) is 0 Å². The van der Waals surface area contributed by atoms with Gasteiger partial charge in [0.15, 0.2) is 0 Å². The van der Waals surface area contributed by atoms with Crippen molar-refractivity contribution in [3.8, 4) is 0 Å². The molecular weight excluding hydrogens is 300 g/mol. The average molecular weight is 324 g/mol. The first-order valence-electron chi connectivity index (χ1n) is 8.10. The van der Waals surface area contributed by atoms with Gasteiger partial charge in [-0.3, -0.25) is 4.79 Å². The number of nitrogens with one attached hydrogen (secondary N) is 1. The Morgan fingerprint density at radius 1 is 1.45 bits per heavy atom. The van der Waals surface area contributed by atoms with Gasteiger partial charge in [-0.25, -0.2) is 0 Å². The first-order chi connectivity index (χ1) is 10.7. The van der Waals surface area contributed by atoms with Crippen molar-refractivity contribution in [2.75, 3.05) is 32.8 Å². The van der Waals surface area contributed by atoms with Crippen LogP contribution in [-0.2, 0) is 17.8 Å². The Bertz CT molecular complexity index is 486. The Morgan fingerprint density at radius 3 is 3.05 bits per heavy atom. The molecule has 2 aliphatic rings. The smallest absolute Gasteiger partial charge is 0.261 e. The number of aliphatic hydroxyl groups excluding tert-OH is 1. The van der Waals surface area contributed by atoms with Crippen molar-refractivity contribution < 1.29 is 14.6 Å². The lowest BCUT2D eigenvalue weighted by molar-refractivity contribution is 0.0816. The van der Waals surface area contributed by atoms with Gasteiger partial charge in [0, 0.05) is 30.9 Å². The summed E-state index contributed by atoms with van der Waals surface area (Å²) in [4.78, 5) is 16.6. The zero-order chi connectivity index (χ0) is 15.4. The molecule has 3 heterocycles. The Labute approximate surface area is 135 Å². The van der Waals surface area contributed by atoms with E-state index in [2.05, 4.69) is 10.2 Å². The van der Waals surface area contributed by atoms with Gasteiger partial charge in [0.2, 0.25) is 0 Å². The van der Waals surface area contributed by atoms with E-state index in [4.69, 9.17) is 4.74 Å². The Morgan fingerprint density at radius 2 is 2.27 bits per heavy atom. The second kappa shape index (κ2) is 7.55. The number of hydrogen-bond acceptors (Lipinski definition) is 5. The number of nitrogens with zero attached hydrogens (tertiary/aromatic N) is 1. The maximum absolute atomic E-state index is 12.2. The molecule has 1 fully saturated rings. The maximum Gasteiger partial charge on any atom is 0.261 e. The number of likely N-dealkylation sites (tertiary alicyclic amines) is 1. The van der Waals surface area contributed by atoms with Crippen LogP contribution < -0.4 is 5.32 Å². The Kier molecular flexibility index (Phi) is 5.46. The molecule has 5 nitrogen and oxygen atoms in total. The lowest BCUT2D eigenvalue weighted by Gasteiger charge is -2.29. The fraction of sp³-hybridized carbons (Fsp3) is 0.688. The third-order valence-corrected chi connectivity index (χ3v) is 5.58. The van der Waals surface area contributed by atoms with Crippen LogP contribution >= 0.6 is 11.3 Å². The van der Waals surface area contributed by atoms with Gasteiger partial charge < -0.3 is 20.1 Å². The van der Waals surface area contributed by atoms with Crippen LogP contribution in [0.1, 0.15) is 39.4 Å². The van der Waals surface area contributed by atoms with Gasteiger partial charge in [0.1, 0.15) is 0 Å². The monoisotopic (exact) mass is 324 g/mol. The number of aliphatic hydroxyl groups is 1. The van der Waals surface area contributed by atoms with Gasteiger partial charge >= 0.3 is 0 Å². The van der Waals surface area contributed by atoms with Crippen molar-refractivity contribution in [3.63, 3.8) is 0 Å². The number of fused-ring (bicyclic) bond motifs is 1. The molecule has 122 valence electrons. The van der Waals surface area contributed by atoms with Crippen LogP contribution in [0.5, 0.6) is 0 Å². The molecule has 2 N–H and O–H groups in total. The number of rotatable bonds is 5. The minimum Gasteiger partial charge on any atom is -0.393 e. The largest absolute Gasteiger partial charge is 0.393 e. The van der Waals surface area contributed by atoms with Crippen LogP contribution in [0, 0.1) is 0 Å². The third-order valence-electron chi connectivity index (χ3n) is 4.35. The minimum absolute atomic E-state index is 0.0356. The standard InChI is InChI=1S/C16H24N2O3S/c19-13-2-7-18(8-3-13)6-1-5-17-16(20)15-10-12-11-21-9-4-14(12)22-15/h10,13,19H,1-9,11H2,(H,17,20). The van der Waals surface area contributed by atoms with Crippen molar-refractivity contribution >= 4 is 17.2 Å². The summed E-state index contributed by atoms with van der Waals surface area (Å²) in [6.07, 6.45) is 3.50. The SMILES string of the molecule is O=C(NCCCN1CCC(O)CC1)c1cc2c(s1)CCOC2. The molecule has 1 aromatic heterocycles. The molecule has 0 aromatic carbocycles. The molecule has 1 saturated heterocycles. The molecule has 22 heavy (non-hydrogen) atoms. The van der Waals surface area contributed by atoms with Crippen molar-refractivity contribution in [1.82, 2.24) is 10.2 Å². The maximum atomic E-state index is 12.2. The van der Waals surface area contributed by atoms with E-state index in [1.165, 1.54) is 10.4 Å². The van der Waals surface area contributed by atoms with E-state index >= 15 is 0 Å². The van der Waals surface area contributed by atoms with Gasteiger partial charge in [-0.1, -0.05) is 0 Å². The highest BCUT2D eigenvalue weighted by atomic mass is 32.1. The molecule has 0 bridgehead atoms. The number of ether oxygens (including phenoxy) is 1. The van der Waals surface area contributed by atoms with E-state index < -0.39 is 0 Å². The van der Waals surface area contributed by atoms with E-state index in [0.717, 1.165) is 56.8 Å². The van der Waals surface area contributed by atoms with Gasteiger partial charge in [-0.2, -0.15) is 0 Å². The van der Waals surface area contributed by atoms with Gasteiger partial charge in [0.25, 0.3) is 5.91 Å². The number of carbonyl (C=O) groups is 1. The normalized spacial score (nSPS) is 19.9. The summed E-state index contributed by atoms with van der Waals surface area (Å²) >= 11 is 1.60. The number of thiophene rings is 1. The molecule has 0 aliphatic carbocycles. The molecule has 0 unspecified atom stereocenters. The van der Waals surface area contributed by atoms with E-state index in [9.17, 15) is 9.90 Å². The van der Waals surface area contributed by atoms with E-state index in [0.29, 0.717) is 13.2 Å². The summed E-state index contributed by atoms with van der Waals surface area (Å²) in [5.74, 6) is 0.0356. The molecule has 0 atom stereocenters. The van der Waals surface area contributed by atoms with Crippen LogP contribution in [0.4, 0.5) is 0 Å². The highest BCUT2D eigenvalue weighted by Gasteiger charge is 2.18. The average Bonchev–Trinajstić information content (AvgIpc) is 2.97. The molecule has 6 heteroatoms. The van der Waals surface area contributed by atoms with Gasteiger partial charge in [-0.05, 0) is 37.4 Å². The summed E-state index contributed by atoms with van der Waals surface area (Å²) in [6.45, 7) is 5.03. The Balaban J connectivity index is 1.38. The highest BCUT2D eigenvalue weighted by Crippen LogP contribution is 2.26. The number of amides is 1. The van der Waals surface area contributed by atoms with Crippen molar-refractivity contribution in [1.29, 1.82) is 0 Å². The summed E-state index contributed by atoms with van der Waals surface area (Å²) < 4.78 is 5.41. The Hall–Kier alpha value is -0.950. The number of carbonyl (C=O) groups excluding carboxylic acids is 1. The second-order valence-electron chi connectivity index (χ2n) is 6.04. The predicted molar refractivity (Wildman–Crippen MR) is 86.3 cm³/mol. The van der Waals surface area contributed by atoms with Crippen molar-refractivity contribution in [3.05, 3.63) is 21.4 Å². The first-order valence-corrected chi connectivity index (χ1v) is 8.92. The van der Waals surface area contributed by atoms with Crippen LogP contribution in [0.3, 0.4) is 0 Å². The summed E-state index contributed by atoms with van der Waals surface area (Å²) in [5.41, 5.74) is 1.17. The first kappa shape index (κ1) is 15.9. The van der Waals surface area contributed by atoms with Crippen LogP contribution in [0.2, 0.25) is 0 Å². The zero-order valence-electron chi connectivity index (χ0n) is 12.8. The third kappa shape index (κ3) is 4.07.